The third-order valence-corrected chi connectivity index (χ3v) is 1.47. The third-order valence-electron chi connectivity index (χ3n) is 1.47. The Hall–Kier alpha value is 0.425. The van der Waals surface area contributed by atoms with E-state index in [1.54, 1.807) is 19.9 Å². The minimum Gasteiger partial charge on any atom is -0.260 e. The SMILES string of the molecule is Cc1[c-]cc(C)c([N+](=O)[O-])c1.[Rb+]. The van der Waals surface area contributed by atoms with E-state index in [1.807, 2.05) is 0 Å². The largest absolute Gasteiger partial charge is 1.00 e. The van der Waals surface area contributed by atoms with Gasteiger partial charge in [-0.2, -0.15) is 17.7 Å². The molecule has 0 radical (unpaired) electrons. The van der Waals surface area contributed by atoms with Gasteiger partial charge in [-0.3, -0.25) is 10.1 Å². The van der Waals surface area contributed by atoms with Crippen LogP contribution >= 0.6 is 0 Å². The number of nitro groups is 1. The summed E-state index contributed by atoms with van der Waals surface area (Å²) in [6, 6.07) is 6.05. The molecule has 58 valence electrons. The fourth-order valence-corrected chi connectivity index (χ4v) is 0.853. The van der Waals surface area contributed by atoms with E-state index in [0.29, 0.717) is 5.56 Å². The molecular formula is C8H8NO2Rb. The zero-order valence-corrected chi connectivity index (χ0v) is 12.3. The zero-order valence-electron chi connectivity index (χ0n) is 7.42. The van der Waals surface area contributed by atoms with E-state index in [4.69, 9.17) is 0 Å². The van der Waals surface area contributed by atoms with Crippen LogP contribution in [0.15, 0.2) is 12.1 Å². The standard InChI is InChI=1S/C8H8NO2.Rb/c1-6-3-4-7(2)8(5-6)9(10)11;/h4-5H,1-2H3;/q-1;+1. The van der Waals surface area contributed by atoms with Crippen molar-refractivity contribution in [3.05, 3.63) is 39.4 Å². The van der Waals surface area contributed by atoms with Gasteiger partial charge in [0.1, 0.15) is 0 Å². The Morgan fingerprint density at radius 1 is 1.50 bits per heavy atom. The second-order valence-electron chi connectivity index (χ2n) is 2.44. The van der Waals surface area contributed by atoms with Crippen molar-refractivity contribution < 1.29 is 63.1 Å². The van der Waals surface area contributed by atoms with Gasteiger partial charge in [-0.25, -0.2) is 0 Å². The van der Waals surface area contributed by atoms with Gasteiger partial charge in [0, 0.05) is 4.92 Å². The summed E-state index contributed by atoms with van der Waals surface area (Å²) >= 11 is 0. The summed E-state index contributed by atoms with van der Waals surface area (Å²) < 4.78 is 0. The van der Waals surface area contributed by atoms with E-state index in [9.17, 15) is 10.1 Å². The molecule has 0 amide bonds. The molecule has 0 saturated heterocycles. The number of nitro benzene ring substituents is 1. The molecule has 0 unspecified atom stereocenters. The van der Waals surface area contributed by atoms with Crippen LogP contribution in [0.3, 0.4) is 0 Å². The van der Waals surface area contributed by atoms with Gasteiger partial charge < -0.3 is 0 Å². The number of rotatable bonds is 1. The maximum atomic E-state index is 10.4. The van der Waals surface area contributed by atoms with Crippen LogP contribution in [0.5, 0.6) is 0 Å². The summed E-state index contributed by atoms with van der Waals surface area (Å²) in [4.78, 5) is 9.99. The van der Waals surface area contributed by atoms with Crippen molar-refractivity contribution in [3.63, 3.8) is 0 Å². The van der Waals surface area contributed by atoms with E-state index in [0.717, 1.165) is 5.56 Å². The third kappa shape index (κ3) is 3.05. The van der Waals surface area contributed by atoms with Crippen LogP contribution in [0.1, 0.15) is 11.1 Å². The van der Waals surface area contributed by atoms with E-state index in [-0.39, 0.29) is 68.8 Å². The molecule has 0 fully saturated rings. The van der Waals surface area contributed by atoms with Crippen LogP contribution in [0, 0.1) is 30.0 Å². The van der Waals surface area contributed by atoms with Gasteiger partial charge in [0.15, 0.2) is 5.69 Å². The van der Waals surface area contributed by atoms with Gasteiger partial charge in [0.25, 0.3) is 0 Å². The molecule has 0 aliphatic rings. The zero-order chi connectivity index (χ0) is 8.43. The van der Waals surface area contributed by atoms with Crippen LogP contribution in [0.25, 0.3) is 0 Å². The maximum Gasteiger partial charge on any atom is 1.00 e. The van der Waals surface area contributed by atoms with E-state index >= 15 is 0 Å². The molecular weight excluding hydrogens is 228 g/mol. The van der Waals surface area contributed by atoms with Crippen molar-refractivity contribution in [2.24, 2.45) is 0 Å². The van der Waals surface area contributed by atoms with Crippen LogP contribution in [0.4, 0.5) is 5.69 Å². The first-order chi connectivity index (χ1) is 5.11. The molecule has 0 aliphatic heterocycles. The molecule has 0 spiro atoms. The Labute approximate surface area is 120 Å². The average Bonchev–Trinajstić information content (AvgIpc) is 1.94. The van der Waals surface area contributed by atoms with Crippen molar-refractivity contribution in [1.29, 1.82) is 0 Å². The number of hydrogen-bond acceptors (Lipinski definition) is 2. The quantitative estimate of drug-likeness (QED) is 0.357. The Morgan fingerprint density at radius 3 is 2.50 bits per heavy atom. The van der Waals surface area contributed by atoms with Crippen LogP contribution in [-0.4, -0.2) is 4.92 Å². The minimum atomic E-state index is -0.379. The molecule has 1 aromatic rings. The topological polar surface area (TPSA) is 43.1 Å². The Bertz CT molecular complexity index is 299. The summed E-state index contributed by atoms with van der Waals surface area (Å²) in [7, 11) is 0. The Morgan fingerprint density at radius 2 is 2.08 bits per heavy atom. The van der Waals surface area contributed by atoms with Crippen molar-refractivity contribution >= 4 is 5.69 Å². The van der Waals surface area contributed by atoms with E-state index < -0.39 is 0 Å². The average molecular weight is 236 g/mol. The van der Waals surface area contributed by atoms with Gasteiger partial charge in [-0.1, -0.05) is 25.5 Å². The summed E-state index contributed by atoms with van der Waals surface area (Å²) in [6.07, 6.45) is 0. The predicted molar refractivity (Wildman–Crippen MR) is 41.4 cm³/mol. The molecule has 1 rings (SSSR count). The fourth-order valence-electron chi connectivity index (χ4n) is 0.853. The molecule has 0 N–H and O–H groups in total. The molecule has 0 saturated carbocycles. The minimum absolute atomic E-state index is 0. The molecule has 1 aromatic carbocycles. The first-order valence-corrected chi connectivity index (χ1v) is 3.24. The summed E-state index contributed by atoms with van der Waals surface area (Å²) in [5.74, 6) is 0. The molecule has 12 heavy (non-hydrogen) atoms. The van der Waals surface area contributed by atoms with Crippen molar-refractivity contribution in [3.8, 4) is 0 Å². The smallest absolute Gasteiger partial charge is 0.260 e. The van der Waals surface area contributed by atoms with E-state index in [2.05, 4.69) is 6.07 Å². The first-order valence-electron chi connectivity index (χ1n) is 3.24. The van der Waals surface area contributed by atoms with Crippen molar-refractivity contribution in [1.82, 2.24) is 0 Å². The predicted octanol–water partition coefficient (Wildman–Crippen LogP) is -0.984. The molecule has 3 nitrogen and oxygen atoms in total. The van der Waals surface area contributed by atoms with Gasteiger partial charge in [-0.05, 0) is 0 Å². The number of benzene rings is 1. The second kappa shape index (κ2) is 5.22. The fraction of sp³-hybridized carbons (Fsp3) is 0.250. The monoisotopic (exact) mass is 235 g/mol. The number of nitrogens with zero attached hydrogens (tertiary/aromatic N) is 1. The number of hydrogen-bond donors (Lipinski definition) is 0. The van der Waals surface area contributed by atoms with Gasteiger partial charge >= 0.3 is 58.2 Å². The molecule has 0 aliphatic carbocycles. The van der Waals surface area contributed by atoms with Gasteiger partial charge in [-0.15, -0.1) is 0 Å². The Balaban J connectivity index is 0.00000121. The van der Waals surface area contributed by atoms with Gasteiger partial charge in [0.2, 0.25) is 0 Å². The normalized spacial score (nSPS) is 8.83. The second-order valence-corrected chi connectivity index (χ2v) is 2.44. The van der Waals surface area contributed by atoms with Crippen LogP contribution in [0.2, 0.25) is 0 Å². The first kappa shape index (κ1) is 12.4. The molecule has 0 atom stereocenters. The molecule has 4 heteroatoms. The molecule has 0 aromatic heterocycles. The maximum absolute atomic E-state index is 10.4. The molecule has 0 heterocycles. The van der Waals surface area contributed by atoms with E-state index in [1.165, 1.54) is 6.07 Å². The molecule has 0 bridgehead atoms. The van der Waals surface area contributed by atoms with Crippen molar-refractivity contribution in [2.45, 2.75) is 13.8 Å². The Kier molecular flexibility index (Phi) is 5.40. The van der Waals surface area contributed by atoms with Crippen molar-refractivity contribution in [2.75, 3.05) is 0 Å². The van der Waals surface area contributed by atoms with Crippen LogP contribution < -0.4 is 58.2 Å². The summed E-state index contributed by atoms with van der Waals surface area (Å²) in [5.41, 5.74) is 1.61. The van der Waals surface area contributed by atoms with Crippen LogP contribution in [-0.2, 0) is 0 Å². The summed E-state index contributed by atoms with van der Waals surface area (Å²) in [5, 5.41) is 10.4. The van der Waals surface area contributed by atoms with Gasteiger partial charge in [0.05, 0.1) is 0 Å². The number of aryl methyl sites for hydroxylation is 2. The summed E-state index contributed by atoms with van der Waals surface area (Å²) in [6.45, 7) is 3.49.